The molecule has 4 N–H and O–H groups in total. The zero-order valence-corrected chi connectivity index (χ0v) is 43.8. The van der Waals surface area contributed by atoms with Gasteiger partial charge in [0.1, 0.15) is 41.5 Å². The van der Waals surface area contributed by atoms with Crippen LogP contribution in [-0.4, -0.2) is 113 Å². The molecule has 3 aromatic rings. The van der Waals surface area contributed by atoms with Crippen molar-refractivity contribution in [2.45, 2.75) is 116 Å². The second-order valence-corrected chi connectivity index (χ2v) is 22.7. The number of carbonyl (C=O) groups excluding carboxylic acids is 7. The first-order valence-electron chi connectivity index (χ1n) is 24.3. The number of hydrazine groups is 1. The molecule has 0 heterocycles. The van der Waals surface area contributed by atoms with Gasteiger partial charge < -0.3 is 38.6 Å². The summed E-state index contributed by atoms with van der Waals surface area (Å²) in [6, 6.07) is 22.6. The van der Waals surface area contributed by atoms with Crippen molar-refractivity contribution in [3.05, 3.63) is 113 Å². The number of Topliss-reactive ketones (excluding diaryl/α,β-unsaturated/α-hetero) is 1. The zero-order valence-electron chi connectivity index (χ0n) is 42.2. The minimum Gasteiger partial charge on any atom is -0.482 e. The molecule has 4 aliphatic carbocycles. The summed E-state index contributed by atoms with van der Waals surface area (Å²) < 4.78 is 35.8. The number of aliphatic hydroxyl groups is 2. The summed E-state index contributed by atoms with van der Waals surface area (Å²) in [4.78, 5) is 96.0. The second kappa shape index (κ2) is 22.3. The molecule has 0 unspecified atom stereocenters. The monoisotopic (exact) mass is 1040 g/mol. The van der Waals surface area contributed by atoms with Gasteiger partial charge in [-0.25, -0.2) is 24.6 Å². The smallest absolute Gasteiger partial charge is 0.426 e. The predicted octanol–water partition coefficient (Wildman–Crippen LogP) is 7.10. The molecule has 0 aromatic heterocycles. The molecule has 2 bridgehead atoms. The van der Waals surface area contributed by atoms with Gasteiger partial charge in [-0.05, 0) is 92.5 Å². The molecule has 0 saturated heterocycles. The fourth-order valence-electron chi connectivity index (χ4n) is 11.8. The second-order valence-electron chi connectivity index (χ2n) is 20.0. The number of aliphatic hydroxyl groups excluding tert-OH is 1. The van der Waals surface area contributed by atoms with E-state index >= 15 is 4.79 Å². The number of benzene rings is 3. The third kappa shape index (κ3) is 10.7. The number of ether oxygens (including phenoxy) is 6. The summed E-state index contributed by atoms with van der Waals surface area (Å²) in [7, 11) is 3.05. The average molecular weight is 1050 g/mol. The van der Waals surface area contributed by atoms with Crippen molar-refractivity contribution in [3.8, 4) is 5.75 Å². The van der Waals surface area contributed by atoms with Gasteiger partial charge in [0, 0.05) is 47.8 Å². The first kappa shape index (κ1) is 54.9. The third-order valence-electron chi connectivity index (χ3n) is 15.6. The molecule has 0 spiro atoms. The van der Waals surface area contributed by atoms with E-state index in [1.54, 1.807) is 102 Å². The van der Waals surface area contributed by atoms with E-state index in [-0.39, 0.29) is 42.7 Å². The van der Waals surface area contributed by atoms with Crippen LogP contribution < -0.4 is 15.6 Å². The number of amides is 2. The number of nitrogens with one attached hydrogen (secondary N) is 2. The van der Waals surface area contributed by atoms with E-state index in [0.717, 1.165) is 0 Å². The maximum atomic E-state index is 15.4. The maximum absolute atomic E-state index is 15.4. The van der Waals surface area contributed by atoms with Gasteiger partial charge in [-0.2, -0.15) is 0 Å². The van der Waals surface area contributed by atoms with Gasteiger partial charge in [-0.3, -0.25) is 19.8 Å². The quantitative estimate of drug-likeness (QED) is 0.0279. The minimum absolute atomic E-state index is 0.130. The first-order valence-corrected chi connectivity index (χ1v) is 27.0. The fourth-order valence-corrected chi connectivity index (χ4v) is 12.8. The normalized spacial score (nSPS) is 28.7. The highest BCUT2D eigenvalue weighted by molar-refractivity contribution is 8.76. The summed E-state index contributed by atoms with van der Waals surface area (Å²) in [5.41, 5.74) is -0.470. The number of hydrogen-bond acceptors (Lipinski definition) is 17. The Labute approximate surface area is 432 Å². The lowest BCUT2D eigenvalue weighted by molar-refractivity contribution is -0.295. The van der Waals surface area contributed by atoms with Crippen LogP contribution in [0.5, 0.6) is 5.75 Å². The fraction of sp³-hybridized carbons (Fsp3) is 0.500. The molecule has 73 heavy (non-hydrogen) atoms. The van der Waals surface area contributed by atoms with Gasteiger partial charge in [0.15, 0.2) is 6.61 Å². The highest BCUT2D eigenvalue weighted by Gasteiger charge is 2.76. The van der Waals surface area contributed by atoms with E-state index in [2.05, 4.69) is 10.9 Å². The first-order chi connectivity index (χ1) is 34.6. The highest BCUT2D eigenvalue weighted by atomic mass is 33.1. The van der Waals surface area contributed by atoms with Crippen LogP contribution in [0.1, 0.15) is 106 Å². The van der Waals surface area contributed by atoms with Crippen LogP contribution in [0.3, 0.4) is 0 Å². The summed E-state index contributed by atoms with van der Waals surface area (Å²) in [5.74, 6) is -7.19. The van der Waals surface area contributed by atoms with Crippen molar-refractivity contribution in [1.29, 1.82) is 0 Å². The summed E-state index contributed by atoms with van der Waals surface area (Å²) >= 11 is 0. The Morgan fingerprint density at radius 1 is 0.890 bits per heavy atom. The third-order valence-corrected chi connectivity index (χ3v) is 17.4. The van der Waals surface area contributed by atoms with Crippen molar-refractivity contribution >= 4 is 63.2 Å². The Morgan fingerprint density at radius 2 is 1.55 bits per heavy atom. The number of fused-ring (bicyclic) bond motifs is 5. The maximum Gasteiger partial charge on any atom is 0.426 e. The van der Waals surface area contributed by atoms with Crippen LogP contribution in [0, 0.1) is 28.6 Å². The Bertz CT molecular complexity index is 2600. The van der Waals surface area contributed by atoms with E-state index in [4.69, 9.17) is 28.4 Å². The molecule has 3 fully saturated rings. The summed E-state index contributed by atoms with van der Waals surface area (Å²) in [5, 5.41) is 26.0. The van der Waals surface area contributed by atoms with Gasteiger partial charge >= 0.3 is 30.0 Å². The van der Waals surface area contributed by atoms with E-state index in [1.807, 2.05) is 6.26 Å². The van der Waals surface area contributed by atoms with Crippen LogP contribution in [0.15, 0.2) is 96.1 Å². The molecule has 17 nitrogen and oxygen atoms in total. The van der Waals surface area contributed by atoms with Gasteiger partial charge in [0.2, 0.25) is 6.10 Å². The molecule has 0 aliphatic heterocycles. The zero-order chi connectivity index (χ0) is 53.0. The molecule has 7 rings (SSSR count). The van der Waals surface area contributed by atoms with Crippen LogP contribution in [0.25, 0.3) is 0 Å². The van der Waals surface area contributed by atoms with Crippen molar-refractivity contribution in [2.75, 3.05) is 25.2 Å². The standard InChI is InChI=1S/C54H64N2O15S2/c1-30(34-15-11-9-12-16-34)43(69-41(59)29-67-38-21-19-35(20-22-38)47(61)55-56-50(64)66-25-26-73-72-8)49(63)68-39-28-54(65)46(70-48(62)36-17-13-10-14-18-36)44-52(7,45(60)32(3)42(31(39)2)51(54,5)6)40(58)27-37-23-24-53(37,44)71-33(4)57/h9-22,30,32,37,39-40,43-44,46,58,65H,23-29H2,1-8H3,(H,55,61)(H,56,64)/t30-,32+,37+,39-,40-,43+,44-,46-,52+,53-,54+/m0/s1. The van der Waals surface area contributed by atoms with Crippen molar-refractivity contribution in [3.63, 3.8) is 0 Å². The van der Waals surface area contributed by atoms with Crippen molar-refractivity contribution < 1.29 is 72.2 Å². The number of rotatable bonds is 16. The lowest BCUT2D eigenvalue weighted by Crippen LogP contribution is -2.78. The molecule has 4 aliphatic rings. The van der Waals surface area contributed by atoms with E-state index < -0.39 is 118 Å². The van der Waals surface area contributed by atoms with E-state index in [0.29, 0.717) is 28.9 Å². The lowest BCUT2D eigenvalue weighted by Gasteiger charge is -2.68. The highest BCUT2D eigenvalue weighted by Crippen LogP contribution is 2.67. The Hall–Kier alpha value is -5.89. The van der Waals surface area contributed by atoms with E-state index in [1.165, 1.54) is 52.8 Å². The predicted molar refractivity (Wildman–Crippen MR) is 270 cm³/mol. The Kier molecular flexibility index (Phi) is 16.8. The number of ketones is 1. The van der Waals surface area contributed by atoms with Crippen molar-refractivity contribution in [1.82, 2.24) is 10.9 Å². The molecule has 392 valence electrons. The van der Waals surface area contributed by atoms with Gasteiger partial charge in [0.05, 0.1) is 23.0 Å². The van der Waals surface area contributed by atoms with Crippen LogP contribution in [0.4, 0.5) is 4.79 Å². The molecule has 3 saturated carbocycles. The Balaban J connectivity index is 1.18. The van der Waals surface area contributed by atoms with E-state index in [9.17, 15) is 39.0 Å². The number of hydrogen-bond donors (Lipinski definition) is 4. The van der Waals surface area contributed by atoms with Crippen LogP contribution in [0.2, 0.25) is 0 Å². The van der Waals surface area contributed by atoms with Crippen LogP contribution in [-0.2, 0) is 42.9 Å². The average Bonchev–Trinajstić information content (AvgIpc) is 3.36. The topological polar surface area (TPSA) is 239 Å². The SMILES string of the molecule is CSSCCOC(=O)NNC(=O)c1ccc(OCC(=O)O[C@@H](C(=O)O[C@H]2C[C@@]3(O)[C@@H](OC(=O)c4ccccc4)[C@@H]4[C@]5(OC(C)=O)CC[C@@H]5C[C@H](O)[C@@]4(C)C(=O)[C@H](C)C(=C2C)C3(C)C)[C@@H](C)c2ccccc2)cc1. The molecule has 19 heteroatoms. The number of carbonyl (C=O) groups is 7. The molecule has 11 atom stereocenters. The van der Waals surface area contributed by atoms with Crippen molar-refractivity contribution in [2.24, 2.45) is 28.6 Å². The molecular formula is C54H64N2O15S2. The number of esters is 4. The molecule has 2 amide bonds. The summed E-state index contributed by atoms with van der Waals surface area (Å²) in [6.07, 6.45) is -4.13. The van der Waals surface area contributed by atoms with Gasteiger partial charge in [0.25, 0.3) is 5.91 Å². The summed E-state index contributed by atoms with van der Waals surface area (Å²) in [6.45, 7) is 10.9. The molecule has 3 aromatic carbocycles. The largest absolute Gasteiger partial charge is 0.482 e. The van der Waals surface area contributed by atoms with Crippen LogP contribution >= 0.6 is 21.6 Å². The lowest BCUT2D eigenvalue weighted by atomic mass is 9.40. The minimum atomic E-state index is -2.17. The molecular weight excluding hydrogens is 981 g/mol. The van der Waals surface area contributed by atoms with Gasteiger partial charge in [-0.1, -0.05) is 97.8 Å². The Morgan fingerprint density at radius 3 is 2.16 bits per heavy atom. The molecule has 0 radical (unpaired) electrons. The van der Waals surface area contributed by atoms with Gasteiger partial charge in [-0.15, -0.1) is 0 Å².